The molecule has 4 aliphatic rings. The second-order valence-electron chi connectivity index (χ2n) is 8.79. The van der Waals surface area contributed by atoms with E-state index in [1.54, 1.807) is 5.57 Å². The first kappa shape index (κ1) is 17.4. The first-order valence-corrected chi connectivity index (χ1v) is 10.6. The number of hydrogen-bond donors (Lipinski definition) is 0. The van der Waals surface area contributed by atoms with Gasteiger partial charge in [-0.15, -0.1) is 0 Å². The third kappa shape index (κ3) is 2.53. The van der Waals surface area contributed by atoms with Crippen LogP contribution >= 0.6 is 0 Å². The molecule has 2 fully saturated rings. The maximum absolute atomic E-state index is 13.1. The molecule has 2 saturated heterocycles. The van der Waals surface area contributed by atoms with E-state index >= 15 is 0 Å². The summed E-state index contributed by atoms with van der Waals surface area (Å²) in [6.45, 7) is 9.72. The molecule has 0 saturated carbocycles. The lowest BCUT2D eigenvalue weighted by molar-refractivity contribution is -0.128. The highest BCUT2D eigenvalue weighted by Crippen LogP contribution is 2.52. The second kappa shape index (κ2) is 6.46. The van der Waals surface area contributed by atoms with Gasteiger partial charge in [0.1, 0.15) is 0 Å². The van der Waals surface area contributed by atoms with E-state index in [-0.39, 0.29) is 18.1 Å². The van der Waals surface area contributed by atoms with Crippen molar-refractivity contribution in [1.82, 2.24) is 4.90 Å². The van der Waals surface area contributed by atoms with Crippen LogP contribution < -0.4 is 4.90 Å². The van der Waals surface area contributed by atoms with Gasteiger partial charge >= 0.3 is 0 Å². The van der Waals surface area contributed by atoms with E-state index < -0.39 is 0 Å². The summed E-state index contributed by atoms with van der Waals surface area (Å²) in [5.74, 6) is 1.51. The predicted octanol–water partition coefficient (Wildman–Crippen LogP) is 3.58. The van der Waals surface area contributed by atoms with Gasteiger partial charge in [-0.05, 0) is 37.4 Å². The monoisotopic (exact) mass is 366 g/mol. The molecule has 0 aliphatic carbocycles. The van der Waals surface area contributed by atoms with E-state index in [1.807, 2.05) is 0 Å². The predicted molar refractivity (Wildman–Crippen MR) is 107 cm³/mol. The molecule has 6 atom stereocenters. The van der Waals surface area contributed by atoms with E-state index in [4.69, 9.17) is 4.74 Å². The summed E-state index contributed by atoms with van der Waals surface area (Å²) in [4.78, 5) is 17.8. The Bertz CT molecular complexity index is 788. The third-order valence-electron chi connectivity index (χ3n) is 7.57. The Hall–Kier alpha value is -1.65. The van der Waals surface area contributed by atoms with Gasteiger partial charge in [-0.3, -0.25) is 9.69 Å². The minimum absolute atomic E-state index is 0.0506. The molecule has 4 heterocycles. The largest absolute Gasteiger partial charge is 0.373 e. The summed E-state index contributed by atoms with van der Waals surface area (Å²) < 4.78 is 6.29. The molecule has 1 aromatic rings. The lowest BCUT2D eigenvalue weighted by atomic mass is 9.68. The molecule has 0 bridgehead atoms. The van der Waals surface area contributed by atoms with Gasteiger partial charge in [0.2, 0.25) is 5.91 Å². The number of anilines is 1. The molecule has 27 heavy (non-hydrogen) atoms. The van der Waals surface area contributed by atoms with Crippen molar-refractivity contribution in [3.63, 3.8) is 0 Å². The van der Waals surface area contributed by atoms with Crippen LogP contribution in [0.4, 0.5) is 5.69 Å². The van der Waals surface area contributed by atoms with Crippen molar-refractivity contribution < 1.29 is 9.53 Å². The van der Waals surface area contributed by atoms with Crippen LogP contribution in [0.15, 0.2) is 35.9 Å². The molecule has 1 aromatic carbocycles. The molecule has 0 aromatic heterocycles. The molecule has 4 nitrogen and oxygen atoms in total. The van der Waals surface area contributed by atoms with Gasteiger partial charge < -0.3 is 9.64 Å². The summed E-state index contributed by atoms with van der Waals surface area (Å²) in [5, 5.41) is 0. The quantitative estimate of drug-likeness (QED) is 0.712. The number of fused-ring (bicyclic) bond motifs is 7. The average molecular weight is 367 g/mol. The van der Waals surface area contributed by atoms with Crippen LogP contribution in [0.3, 0.4) is 0 Å². The number of nitrogens with zero attached hydrogens (tertiary/aromatic N) is 2. The van der Waals surface area contributed by atoms with Gasteiger partial charge in [0.15, 0.2) is 0 Å². The number of benzene rings is 1. The summed E-state index contributed by atoms with van der Waals surface area (Å²) in [6, 6.07) is 9.30. The summed E-state index contributed by atoms with van der Waals surface area (Å²) in [6.07, 6.45) is 4.06. The van der Waals surface area contributed by atoms with E-state index in [0.717, 1.165) is 18.8 Å². The second-order valence-corrected chi connectivity index (χ2v) is 8.79. The molecular weight excluding hydrogens is 336 g/mol. The highest BCUT2D eigenvalue weighted by atomic mass is 16.5. The van der Waals surface area contributed by atoms with Crippen molar-refractivity contribution in [3.05, 3.63) is 41.5 Å². The summed E-state index contributed by atoms with van der Waals surface area (Å²) in [5.41, 5.74) is 4.00. The number of likely N-dealkylation sites (N-methyl/N-ethyl adjacent to an activating group) is 1. The first-order valence-electron chi connectivity index (χ1n) is 10.6. The number of rotatable bonds is 1. The van der Waals surface area contributed by atoms with Gasteiger partial charge in [-0.2, -0.15) is 0 Å². The fraction of sp³-hybridized carbons (Fsp3) is 0.609. The Morgan fingerprint density at radius 3 is 2.85 bits per heavy atom. The fourth-order valence-corrected chi connectivity index (χ4v) is 6.26. The van der Waals surface area contributed by atoms with Crippen molar-refractivity contribution in [3.8, 4) is 0 Å². The zero-order valence-electron chi connectivity index (χ0n) is 16.6. The Kier molecular flexibility index (Phi) is 4.17. The van der Waals surface area contributed by atoms with Crippen LogP contribution in [-0.2, 0) is 9.53 Å². The number of likely N-dealkylation sites (tertiary alicyclic amines) is 1. The summed E-state index contributed by atoms with van der Waals surface area (Å²) >= 11 is 0. The van der Waals surface area contributed by atoms with Crippen molar-refractivity contribution in [2.45, 2.75) is 57.7 Å². The van der Waals surface area contributed by atoms with Crippen LogP contribution in [0, 0.1) is 11.8 Å². The SMILES string of the molecule is CCN1CC2=CCO[C@H]3CC(=O)N4c5ccccc5[C@@H](C)[C@@H]4[C@H]3[C@H]2C[C@H]1C. The van der Waals surface area contributed by atoms with E-state index in [9.17, 15) is 4.79 Å². The number of amides is 1. The van der Waals surface area contributed by atoms with Crippen molar-refractivity contribution >= 4 is 11.6 Å². The van der Waals surface area contributed by atoms with Crippen molar-refractivity contribution in [2.24, 2.45) is 11.8 Å². The van der Waals surface area contributed by atoms with Crippen molar-refractivity contribution in [2.75, 3.05) is 24.6 Å². The molecule has 5 rings (SSSR count). The van der Waals surface area contributed by atoms with Gasteiger partial charge in [-0.1, -0.05) is 43.7 Å². The molecule has 4 heteroatoms. The maximum atomic E-state index is 13.1. The minimum atomic E-state index is 0.0506. The Balaban J connectivity index is 1.56. The van der Waals surface area contributed by atoms with E-state index in [1.165, 1.54) is 12.0 Å². The number of para-hydroxylation sites is 1. The Morgan fingerprint density at radius 1 is 1.22 bits per heavy atom. The lowest BCUT2D eigenvalue weighted by Crippen LogP contribution is -2.58. The molecule has 0 radical (unpaired) electrons. The van der Waals surface area contributed by atoms with Crippen molar-refractivity contribution in [1.29, 1.82) is 0 Å². The van der Waals surface area contributed by atoms with Crippen LogP contribution in [0.2, 0.25) is 0 Å². The standard InChI is InChI=1S/C23H30N2O2/c1-4-24-13-16-9-10-27-20-12-21(26)25-19-8-6-5-7-17(19)15(3)23(25)22(20)18(16)11-14(24)2/h5-9,14-15,18,20,22-23H,4,10-13H2,1-3H3/t14-,15-,18+,20+,22+,23-/m1/s1. The van der Waals surface area contributed by atoms with Crippen LogP contribution in [0.1, 0.15) is 45.1 Å². The fourth-order valence-electron chi connectivity index (χ4n) is 6.26. The number of hydrogen-bond acceptors (Lipinski definition) is 3. The van der Waals surface area contributed by atoms with Gasteiger partial charge in [0.05, 0.1) is 19.1 Å². The smallest absolute Gasteiger partial charge is 0.229 e. The van der Waals surface area contributed by atoms with Crippen LogP contribution in [0.5, 0.6) is 0 Å². The zero-order valence-corrected chi connectivity index (χ0v) is 16.6. The highest BCUT2D eigenvalue weighted by molar-refractivity contribution is 5.98. The zero-order chi connectivity index (χ0) is 18.7. The highest BCUT2D eigenvalue weighted by Gasteiger charge is 2.54. The normalized spacial score (nSPS) is 38.4. The molecule has 4 aliphatic heterocycles. The first-order chi connectivity index (χ1) is 13.1. The number of carbonyl (C=O) groups is 1. The molecule has 0 spiro atoms. The number of piperidine rings is 2. The van der Waals surface area contributed by atoms with E-state index in [2.05, 4.69) is 60.9 Å². The number of carbonyl (C=O) groups excluding carboxylic acids is 1. The van der Waals surface area contributed by atoms with Crippen LogP contribution in [0.25, 0.3) is 0 Å². The lowest BCUT2D eigenvalue weighted by Gasteiger charge is -2.49. The summed E-state index contributed by atoms with van der Waals surface area (Å²) in [7, 11) is 0. The maximum Gasteiger partial charge on any atom is 0.229 e. The molecular formula is C23H30N2O2. The topological polar surface area (TPSA) is 32.8 Å². The van der Waals surface area contributed by atoms with E-state index in [0.29, 0.717) is 36.8 Å². The minimum Gasteiger partial charge on any atom is -0.373 e. The third-order valence-corrected chi connectivity index (χ3v) is 7.57. The van der Waals surface area contributed by atoms with Gasteiger partial charge in [0.25, 0.3) is 0 Å². The number of ether oxygens (including phenoxy) is 1. The molecule has 1 amide bonds. The molecule has 144 valence electrons. The van der Waals surface area contributed by atoms with Gasteiger partial charge in [0, 0.05) is 36.2 Å². The Labute approximate surface area is 162 Å². The Morgan fingerprint density at radius 2 is 2.04 bits per heavy atom. The molecule has 0 N–H and O–H groups in total. The van der Waals surface area contributed by atoms with Crippen LogP contribution in [-0.4, -0.2) is 48.7 Å². The molecule has 0 unspecified atom stereocenters. The van der Waals surface area contributed by atoms with Gasteiger partial charge in [-0.25, -0.2) is 0 Å². The average Bonchev–Trinajstić information content (AvgIpc) is 2.85.